The number of hydrogen-bond donors (Lipinski definition) is 4. The Kier molecular flexibility index (Phi) is 32.7. The summed E-state index contributed by atoms with van der Waals surface area (Å²) < 4.78 is 54.0. The van der Waals surface area contributed by atoms with Crippen molar-refractivity contribution in [2.75, 3.05) is 19.0 Å². The highest BCUT2D eigenvalue weighted by atomic mass is 32.2. The van der Waals surface area contributed by atoms with Gasteiger partial charge < -0.3 is 34.3 Å². The normalized spacial score (nSPS) is 20.8. The summed E-state index contributed by atoms with van der Waals surface area (Å²) in [6.45, 7) is 3.61. The Balaban J connectivity index is 2.49. The van der Waals surface area contributed by atoms with Crippen molar-refractivity contribution in [1.82, 2.24) is 0 Å². The monoisotopic (exact) mass is 843 g/mol. The second-order valence-corrected chi connectivity index (χ2v) is 16.8. The van der Waals surface area contributed by atoms with E-state index in [1.54, 1.807) is 0 Å². The molecule has 13 heteroatoms. The van der Waals surface area contributed by atoms with Gasteiger partial charge in [-0.2, -0.15) is 8.42 Å². The maximum absolute atomic E-state index is 12.8. The number of hydrogen-bond acceptors (Lipinski definition) is 11. The van der Waals surface area contributed by atoms with Gasteiger partial charge in [0.15, 0.2) is 12.4 Å². The number of esters is 2. The first-order chi connectivity index (χ1) is 28.0. The third-order valence-electron chi connectivity index (χ3n) is 9.92. The molecule has 0 saturated carbocycles. The van der Waals surface area contributed by atoms with Crippen LogP contribution in [0.2, 0.25) is 0 Å². The van der Waals surface area contributed by atoms with Gasteiger partial charge in [-0.05, 0) is 51.4 Å². The minimum absolute atomic E-state index is 0.157. The van der Waals surface area contributed by atoms with E-state index >= 15 is 0 Å². The molecule has 0 aromatic carbocycles. The van der Waals surface area contributed by atoms with Gasteiger partial charge in [-0.25, -0.2) is 0 Å². The lowest BCUT2D eigenvalue weighted by atomic mass is 10.00. The van der Waals surface area contributed by atoms with Crippen LogP contribution in [0.15, 0.2) is 48.6 Å². The van der Waals surface area contributed by atoms with E-state index in [0.717, 1.165) is 57.8 Å². The first-order valence-electron chi connectivity index (χ1n) is 22.2. The average molecular weight is 843 g/mol. The van der Waals surface area contributed by atoms with Crippen LogP contribution in [0.1, 0.15) is 168 Å². The van der Waals surface area contributed by atoms with E-state index in [-0.39, 0.29) is 19.4 Å². The van der Waals surface area contributed by atoms with Gasteiger partial charge in [0, 0.05) is 12.8 Å². The van der Waals surface area contributed by atoms with Crippen molar-refractivity contribution in [1.29, 1.82) is 0 Å². The minimum atomic E-state index is -4.61. The SMILES string of the molecule is CC/C=C/C/C=C/C/C=C/C/C=C/CCCCC(=O)OC[C@H](CO[C@H]1O[C@H](CS(=O)(=O)O)[C@@H](O)C(O)C1O)OC(=O)CCCCCCCCCCCCCCCCC. The fourth-order valence-corrected chi connectivity index (χ4v) is 7.18. The van der Waals surface area contributed by atoms with Crippen molar-refractivity contribution < 1.29 is 56.8 Å². The molecule has 1 rings (SSSR count). The Morgan fingerprint density at radius 1 is 0.603 bits per heavy atom. The van der Waals surface area contributed by atoms with Gasteiger partial charge in [0.1, 0.15) is 36.8 Å². The molecule has 4 N–H and O–H groups in total. The maximum atomic E-state index is 12.8. The minimum Gasteiger partial charge on any atom is -0.462 e. The molecule has 2 unspecified atom stereocenters. The summed E-state index contributed by atoms with van der Waals surface area (Å²) in [6.07, 6.45) is 31.6. The van der Waals surface area contributed by atoms with Crippen molar-refractivity contribution in [2.45, 2.75) is 205 Å². The van der Waals surface area contributed by atoms with Gasteiger partial charge in [-0.15, -0.1) is 0 Å². The number of ether oxygens (including phenoxy) is 4. The van der Waals surface area contributed by atoms with Crippen molar-refractivity contribution >= 4 is 22.1 Å². The lowest BCUT2D eigenvalue weighted by Crippen LogP contribution is -2.60. The standard InChI is InChI=1S/C45H78O12S/c1-3-5-7-9-11-13-15-17-19-21-23-25-27-29-31-33-40(46)54-35-38(36-55-45-44(50)43(49)42(48)39(57-45)37-58(51,52)53)56-41(47)34-32-30-28-26-24-22-20-18-16-14-12-10-8-6-4-2/h5,7,11,13,17,19,23,25,38-39,42-45,48-50H,3-4,6,8-10,12,14-16,18,20-22,24,26-37H2,1-2H3,(H,51,52,53)/b7-5+,13-11+,19-17+,25-23+/t38-,39-,42-,43?,44?,45+/m1/s1. The molecule has 1 heterocycles. The Hall–Kier alpha value is -2.39. The van der Waals surface area contributed by atoms with Crippen LogP contribution >= 0.6 is 0 Å². The van der Waals surface area contributed by atoms with Crippen LogP contribution in [0.5, 0.6) is 0 Å². The molecule has 1 saturated heterocycles. The topological polar surface area (TPSA) is 186 Å². The molecule has 0 aliphatic carbocycles. The molecule has 1 aliphatic rings. The predicted molar refractivity (Wildman–Crippen MR) is 229 cm³/mol. The fraction of sp³-hybridized carbons (Fsp3) is 0.778. The number of carbonyl (C=O) groups excluding carboxylic acids is 2. The van der Waals surface area contributed by atoms with Crippen LogP contribution in [0, 0.1) is 0 Å². The van der Waals surface area contributed by atoms with Crippen LogP contribution in [-0.2, 0) is 38.7 Å². The number of carbonyl (C=O) groups is 2. The van der Waals surface area contributed by atoms with Gasteiger partial charge in [0.05, 0.1) is 6.61 Å². The van der Waals surface area contributed by atoms with E-state index in [1.807, 2.05) is 0 Å². The highest BCUT2D eigenvalue weighted by Gasteiger charge is 2.46. The second-order valence-electron chi connectivity index (χ2n) is 15.3. The summed E-state index contributed by atoms with van der Waals surface area (Å²) >= 11 is 0. The zero-order valence-electron chi connectivity index (χ0n) is 35.6. The van der Waals surface area contributed by atoms with Crippen molar-refractivity contribution in [3.8, 4) is 0 Å². The Morgan fingerprint density at radius 3 is 1.62 bits per heavy atom. The molecule has 336 valence electrons. The van der Waals surface area contributed by atoms with E-state index in [2.05, 4.69) is 62.5 Å². The summed E-state index contributed by atoms with van der Waals surface area (Å²) in [5, 5.41) is 30.9. The van der Waals surface area contributed by atoms with Crippen LogP contribution in [0.25, 0.3) is 0 Å². The van der Waals surface area contributed by atoms with Crippen molar-refractivity contribution in [3.05, 3.63) is 48.6 Å². The van der Waals surface area contributed by atoms with Gasteiger partial charge >= 0.3 is 11.9 Å². The van der Waals surface area contributed by atoms with E-state index < -0.39 is 71.2 Å². The Morgan fingerprint density at radius 2 is 1.09 bits per heavy atom. The summed E-state index contributed by atoms with van der Waals surface area (Å²) in [7, 11) is -4.61. The number of aliphatic hydroxyl groups is 3. The largest absolute Gasteiger partial charge is 0.462 e. The van der Waals surface area contributed by atoms with Gasteiger partial charge in [-0.1, -0.05) is 152 Å². The summed E-state index contributed by atoms with van der Waals surface area (Å²) in [4.78, 5) is 25.4. The van der Waals surface area contributed by atoms with E-state index in [1.165, 1.54) is 70.6 Å². The lowest BCUT2D eigenvalue weighted by molar-refractivity contribution is -0.297. The Bertz CT molecular complexity index is 1260. The summed E-state index contributed by atoms with van der Waals surface area (Å²) in [5.74, 6) is -2.04. The van der Waals surface area contributed by atoms with Crippen LogP contribution < -0.4 is 0 Å². The predicted octanol–water partition coefficient (Wildman–Crippen LogP) is 8.78. The quantitative estimate of drug-likeness (QED) is 0.0204. The highest BCUT2D eigenvalue weighted by Crippen LogP contribution is 2.24. The van der Waals surface area contributed by atoms with E-state index in [9.17, 15) is 37.9 Å². The lowest BCUT2D eigenvalue weighted by Gasteiger charge is -2.40. The summed E-state index contributed by atoms with van der Waals surface area (Å²) in [6, 6.07) is 0. The number of rotatable bonds is 36. The molecule has 58 heavy (non-hydrogen) atoms. The maximum Gasteiger partial charge on any atom is 0.306 e. The smallest absolute Gasteiger partial charge is 0.306 e. The van der Waals surface area contributed by atoms with E-state index in [4.69, 9.17) is 18.9 Å². The zero-order valence-corrected chi connectivity index (χ0v) is 36.5. The number of allylic oxidation sites excluding steroid dienone is 8. The molecular formula is C45H78O12S. The zero-order chi connectivity index (χ0) is 42.7. The third-order valence-corrected chi connectivity index (χ3v) is 10.7. The molecule has 0 aromatic rings. The third kappa shape index (κ3) is 29.8. The first kappa shape index (κ1) is 53.6. The molecule has 0 aromatic heterocycles. The number of unbranched alkanes of at least 4 members (excludes halogenated alkanes) is 16. The fourth-order valence-electron chi connectivity index (χ4n) is 6.49. The van der Waals surface area contributed by atoms with Crippen molar-refractivity contribution in [2.24, 2.45) is 0 Å². The van der Waals surface area contributed by atoms with Gasteiger partial charge in [0.2, 0.25) is 0 Å². The molecule has 0 amide bonds. The molecule has 6 atom stereocenters. The molecule has 12 nitrogen and oxygen atoms in total. The average Bonchev–Trinajstić information content (AvgIpc) is 3.18. The molecule has 1 aliphatic heterocycles. The second kappa shape index (κ2) is 35.4. The first-order valence-corrected chi connectivity index (χ1v) is 23.8. The molecule has 1 fully saturated rings. The van der Waals surface area contributed by atoms with Crippen LogP contribution in [-0.4, -0.2) is 96.0 Å². The number of aliphatic hydroxyl groups excluding tert-OH is 3. The molecule has 0 radical (unpaired) electrons. The Labute approximate surface area is 350 Å². The van der Waals surface area contributed by atoms with Gasteiger partial charge in [-0.3, -0.25) is 14.1 Å². The highest BCUT2D eigenvalue weighted by molar-refractivity contribution is 7.85. The van der Waals surface area contributed by atoms with Crippen LogP contribution in [0.3, 0.4) is 0 Å². The van der Waals surface area contributed by atoms with Gasteiger partial charge in [0.25, 0.3) is 10.1 Å². The summed E-state index contributed by atoms with van der Waals surface area (Å²) in [5.41, 5.74) is 0. The van der Waals surface area contributed by atoms with E-state index in [0.29, 0.717) is 12.8 Å². The molecular weight excluding hydrogens is 765 g/mol. The molecule has 0 spiro atoms. The van der Waals surface area contributed by atoms with Crippen LogP contribution in [0.4, 0.5) is 0 Å². The van der Waals surface area contributed by atoms with Crippen molar-refractivity contribution in [3.63, 3.8) is 0 Å². The molecule has 0 bridgehead atoms.